The summed E-state index contributed by atoms with van der Waals surface area (Å²) < 4.78 is 20.9. The smallest absolute Gasteiger partial charge is 0.0701 e. The van der Waals surface area contributed by atoms with E-state index in [4.69, 9.17) is 24.1 Å². The van der Waals surface area contributed by atoms with Gasteiger partial charge in [-0.15, -0.1) is 0 Å². The highest BCUT2D eigenvalue weighted by Crippen LogP contribution is 1.93. The zero-order chi connectivity index (χ0) is 14.9. The SMILES string of the molecule is CCCNC(CO)CCOCCOCCOCCOC. The van der Waals surface area contributed by atoms with E-state index in [0.29, 0.717) is 46.2 Å². The largest absolute Gasteiger partial charge is 0.395 e. The van der Waals surface area contributed by atoms with Crippen LogP contribution in [0.25, 0.3) is 0 Å². The quantitative estimate of drug-likeness (QED) is 0.402. The Balaban J connectivity index is 3.15. The van der Waals surface area contributed by atoms with Gasteiger partial charge in [0.05, 0.1) is 46.2 Å². The van der Waals surface area contributed by atoms with Gasteiger partial charge < -0.3 is 29.4 Å². The van der Waals surface area contributed by atoms with Gasteiger partial charge in [-0.1, -0.05) is 6.92 Å². The number of methoxy groups -OCH3 is 1. The topological polar surface area (TPSA) is 69.2 Å². The van der Waals surface area contributed by atoms with E-state index in [9.17, 15) is 0 Å². The summed E-state index contributed by atoms with van der Waals surface area (Å²) in [6.07, 6.45) is 1.88. The van der Waals surface area contributed by atoms with Crippen molar-refractivity contribution in [2.45, 2.75) is 25.8 Å². The van der Waals surface area contributed by atoms with Crippen LogP contribution in [0, 0.1) is 0 Å². The molecule has 0 amide bonds. The van der Waals surface area contributed by atoms with E-state index in [-0.39, 0.29) is 12.6 Å². The summed E-state index contributed by atoms with van der Waals surface area (Å²) in [7, 11) is 1.65. The first-order chi connectivity index (χ1) is 9.85. The summed E-state index contributed by atoms with van der Waals surface area (Å²) in [6.45, 7) is 7.33. The average molecular weight is 293 g/mol. The maximum absolute atomic E-state index is 9.15. The van der Waals surface area contributed by atoms with Crippen LogP contribution < -0.4 is 5.32 Å². The van der Waals surface area contributed by atoms with E-state index in [0.717, 1.165) is 19.4 Å². The minimum atomic E-state index is 0.130. The van der Waals surface area contributed by atoms with Gasteiger partial charge in [-0.25, -0.2) is 0 Å². The van der Waals surface area contributed by atoms with Crippen molar-refractivity contribution in [3.05, 3.63) is 0 Å². The number of ether oxygens (including phenoxy) is 4. The minimum absolute atomic E-state index is 0.130. The monoisotopic (exact) mass is 293 g/mol. The van der Waals surface area contributed by atoms with Gasteiger partial charge in [0.25, 0.3) is 0 Å². The van der Waals surface area contributed by atoms with Gasteiger partial charge in [-0.3, -0.25) is 0 Å². The van der Waals surface area contributed by atoms with Gasteiger partial charge in [0.1, 0.15) is 0 Å². The van der Waals surface area contributed by atoms with Crippen molar-refractivity contribution in [1.29, 1.82) is 0 Å². The van der Waals surface area contributed by atoms with E-state index < -0.39 is 0 Å². The Labute approximate surface area is 122 Å². The molecule has 0 aliphatic rings. The standard InChI is InChI=1S/C14H31NO5/c1-3-5-15-14(13-16)4-6-18-9-10-20-12-11-19-8-7-17-2/h14-16H,3-13H2,1-2H3. The predicted octanol–water partition coefficient (Wildman–Crippen LogP) is 0.433. The Morgan fingerprint density at radius 1 is 0.900 bits per heavy atom. The van der Waals surface area contributed by atoms with E-state index >= 15 is 0 Å². The zero-order valence-corrected chi connectivity index (χ0v) is 12.9. The van der Waals surface area contributed by atoms with Crippen molar-refractivity contribution < 1.29 is 24.1 Å². The molecule has 122 valence electrons. The third-order valence-electron chi connectivity index (χ3n) is 2.69. The van der Waals surface area contributed by atoms with E-state index in [1.807, 2.05) is 0 Å². The fourth-order valence-corrected chi connectivity index (χ4v) is 1.52. The number of nitrogens with one attached hydrogen (secondary N) is 1. The second-order valence-electron chi connectivity index (χ2n) is 4.45. The molecule has 1 atom stereocenters. The van der Waals surface area contributed by atoms with Gasteiger partial charge in [0.2, 0.25) is 0 Å². The molecule has 0 aliphatic heterocycles. The van der Waals surface area contributed by atoms with E-state index in [1.54, 1.807) is 7.11 Å². The molecule has 0 radical (unpaired) electrons. The maximum Gasteiger partial charge on any atom is 0.0701 e. The second kappa shape index (κ2) is 16.8. The van der Waals surface area contributed by atoms with E-state index in [1.165, 1.54) is 0 Å². The lowest BCUT2D eigenvalue weighted by molar-refractivity contribution is 0.00212. The molecule has 0 heterocycles. The summed E-state index contributed by atoms with van der Waals surface area (Å²) in [6, 6.07) is 0.130. The van der Waals surface area contributed by atoms with Crippen LogP contribution in [-0.4, -0.2) is 77.7 Å². The number of hydrogen-bond acceptors (Lipinski definition) is 6. The molecule has 0 aromatic rings. The Morgan fingerprint density at radius 2 is 1.45 bits per heavy atom. The number of hydrogen-bond donors (Lipinski definition) is 2. The van der Waals surface area contributed by atoms with Gasteiger partial charge in [-0.2, -0.15) is 0 Å². The molecule has 0 saturated carbocycles. The molecule has 0 fully saturated rings. The summed E-state index contributed by atoms with van der Waals surface area (Å²) in [5.41, 5.74) is 0. The highest BCUT2D eigenvalue weighted by molar-refractivity contribution is 4.64. The van der Waals surface area contributed by atoms with Crippen molar-refractivity contribution >= 4 is 0 Å². The molecular formula is C14H31NO5. The zero-order valence-electron chi connectivity index (χ0n) is 12.9. The Morgan fingerprint density at radius 3 is 1.95 bits per heavy atom. The van der Waals surface area contributed by atoms with Crippen LogP contribution in [0.4, 0.5) is 0 Å². The van der Waals surface area contributed by atoms with Gasteiger partial charge in [-0.05, 0) is 19.4 Å². The molecule has 0 saturated heterocycles. The van der Waals surface area contributed by atoms with Crippen molar-refractivity contribution in [3.8, 4) is 0 Å². The first-order valence-electron chi connectivity index (χ1n) is 7.41. The minimum Gasteiger partial charge on any atom is -0.395 e. The van der Waals surface area contributed by atoms with Gasteiger partial charge >= 0.3 is 0 Å². The first kappa shape index (κ1) is 19.8. The Hall–Kier alpha value is -0.240. The number of rotatable bonds is 16. The van der Waals surface area contributed by atoms with Crippen molar-refractivity contribution in [2.24, 2.45) is 0 Å². The highest BCUT2D eigenvalue weighted by atomic mass is 16.6. The normalized spacial score (nSPS) is 12.8. The van der Waals surface area contributed by atoms with Gasteiger partial charge in [0.15, 0.2) is 0 Å². The van der Waals surface area contributed by atoms with E-state index in [2.05, 4.69) is 12.2 Å². The molecule has 2 N–H and O–H groups in total. The van der Waals surface area contributed by atoms with Crippen LogP contribution in [0.5, 0.6) is 0 Å². The first-order valence-corrected chi connectivity index (χ1v) is 7.41. The van der Waals surface area contributed by atoms with Crippen molar-refractivity contribution in [2.75, 3.05) is 66.5 Å². The molecule has 0 aromatic carbocycles. The highest BCUT2D eigenvalue weighted by Gasteiger charge is 2.05. The Bertz CT molecular complexity index is 183. The summed E-state index contributed by atoms with van der Waals surface area (Å²) in [5.74, 6) is 0. The second-order valence-corrected chi connectivity index (χ2v) is 4.45. The van der Waals surface area contributed by atoms with Crippen LogP contribution in [0.1, 0.15) is 19.8 Å². The fraction of sp³-hybridized carbons (Fsp3) is 1.00. The summed E-state index contributed by atoms with van der Waals surface area (Å²) >= 11 is 0. The molecule has 6 nitrogen and oxygen atoms in total. The lowest BCUT2D eigenvalue weighted by Gasteiger charge is -2.15. The molecule has 1 unspecified atom stereocenters. The summed E-state index contributed by atoms with van der Waals surface area (Å²) in [4.78, 5) is 0. The van der Waals surface area contributed by atoms with Crippen molar-refractivity contribution in [3.63, 3.8) is 0 Å². The molecule has 6 heteroatoms. The van der Waals surface area contributed by atoms with Crippen LogP contribution in [-0.2, 0) is 18.9 Å². The Kier molecular flexibility index (Phi) is 16.6. The molecule has 0 bridgehead atoms. The molecule has 0 rings (SSSR count). The molecule has 0 aliphatic carbocycles. The molecule has 0 aromatic heterocycles. The predicted molar refractivity (Wildman–Crippen MR) is 78.1 cm³/mol. The van der Waals surface area contributed by atoms with Crippen LogP contribution >= 0.6 is 0 Å². The molecule has 20 heavy (non-hydrogen) atoms. The van der Waals surface area contributed by atoms with Crippen LogP contribution in [0.2, 0.25) is 0 Å². The third-order valence-corrected chi connectivity index (χ3v) is 2.69. The fourth-order valence-electron chi connectivity index (χ4n) is 1.52. The molecule has 0 spiro atoms. The third kappa shape index (κ3) is 14.2. The van der Waals surface area contributed by atoms with Crippen molar-refractivity contribution in [1.82, 2.24) is 5.32 Å². The lowest BCUT2D eigenvalue weighted by Crippen LogP contribution is -2.34. The van der Waals surface area contributed by atoms with Crippen LogP contribution in [0.15, 0.2) is 0 Å². The average Bonchev–Trinajstić information content (AvgIpc) is 2.48. The number of aliphatic hydroxyl groups is 1. The van der Waals surface area contributed by atoms with Crippen LogP contribution in [0.3, 0.4) is 0 Å². The van der Waals surface area contributed by atoms with Gasteiger partial charge in [0, 0.05) is 19.8 Å². The molecular weight excluding hydrogens is 262 g/mol. The summed E-state index contributed by atoms with van der Waals surface area (Å²) in [5, 5.41) is 12.4. The lowest BCUT2D eigenvalue weighted by atomic mass is 10.2. The number of aliphatic hydroxyl groups excluding tert-OH is 1. The maximum atomic E-state index is 9.15.